The number of carboxylic acids is 1. The van der Waals surface area contributed by atoms with Gasteiger partial charge in [-0.15, -0.1) is 0 Å². The second-order valence-electron chi connectivity index (χ2n) is 3.44. The summed E-state index contributed by atoms with van der Waals surface area (Å²) in [4.78, 5) is 11.1. The van der Waals surface area contributed by atoms with Crippen LogP contribution in [0.1, 0.15) is 24.9 Å². The molecular formula is C12H14N2O2. The molecule has 0 aliphatic rings. The first-order chi connectivity index (χ1) is 7.69. The number of hydrogen-bond donors (Lipinski definition) is 2. The van der Waals surface area contributed by atoms with Gasteiger partial charge in [0, 0.05) is 0 Å². The van der Waals surface area contributed by atoms with Crippen LogP contribution in [-0.4, -0.2) is 17.1 Å². The Hall–Kier alpha value is -1.86. The van der Waals surface area contributed by atoms with Gasteiger partial charge in [0.05, 0.1) is 12.1 Å². The van der Waals surface area contributed by atoms with Crippen molar-refractivity contribution >= 4 is 5.97 Å². The molecule has 0 aliphatic heterocycles. The van der Waals surface area contributed by atoms with Crippen molar-refractivity contribution in [1.29, 1.82) is 5.26 Å². The molecule has 0 fully saturated rings. The average Bonchev–Trinajstić information content (AvgIpc) is 2.31. The van der Waals surface area contributed by atoms with Gasteiger partial charge in [-0.1, -0.05) is 37.3 Å². The molecule has 0 saturated heterocycles. The Bertz CT molecular complexity index is 384. The summed E-state index contributed by atoms with van der Waals surface area (Å²) in [6, 6.07) is 9.60. The summed E-state index contributed by atoms with van der Waals surface area (Å²) in [5, 5.41) is 20.7. The number of aliphatic carboxylic acids is 1. The number of nitriles is 1. The topological polar surface area (TPSA) is 73.1 Å². The number of hydrogen-bond acceptors (Lipinski definition) is 3. The summed E-state index contributed by atoms with van der Waals surface area (Å²) >= 11 is 0. The number of nitrogens with zero attached hydrogens (tertiary/aromatic N) is 1. The molecule has 4 heteroatoms. The molecule has 0 radical (unpaired) electrons. The van der Waals surface area contributed by atoms with Crippen molar-refractivity contribution < 1.29 is 9.90 Å². The second kappa shape index (κ2) is 5.89. The van der Waals surface area contributed by atoms with Crippen LogP contribution >= 0.6 is 0 Å². The van der Waals surface area contributed by atoms with Gasteiger partial charge in [-0.3, -0.25) is 10.1 Å². The van der Waals surface area contributed by atoms with Crippen LogP contribution < -0.4 is 5.32 Å². The predicted molar refractivity (Wildman–Crippen MR) is 59.6 cm³/mol. The lowest BCUT2D eigenvalue weighted by molar-refractivity contribution is -0.139. The molecule has 2 N–H and O–H groups in total. The maximum absolute atomic E-state index is 11.1. The van der Waals surface area contributed by atoms with Crippen LogP contribution in [0, 0.1) is 11.3 Å². The Morgan fingerprint density at radius 3 is 2.56 bits per heavy atom. The van der Waals surface area contributed by atoms with Crippen LogP contribution in [0.5, 0.6) is 0 Å². The van der Waals surface area contributed by atoms with Crippen LogP contribution in [0.4, 0.5) is 0 Å². The molecule has 0 heterocycles. The fourth-order valence-corrected chi connectivity index (χ4v) is 1.40. The normalized spacial score (nSPS) is 13.8. The monoisotopic (exact) mass is 218 g/mol. The van der Waals surface area contributed by atoms with Gasteiger partial charge in [-0.05, 0) is 12.0 Å². The van der Waals surface area contributed by atoms with Gasteiger partial charge in [0.15, 0.2) is 0 Å². The molecule has 2 atom stereocenters. The lowest BCUT2D eigenvalue weighted by atomic mass is 10.1. The van der Waals surface area contributed by atoms with E-state index in [-0.39, 0.29) is 0 Å². The zero-order valence-corrected chi connectivity index (χ0v) is 9.05. The van der Waals surface area contributed by atoms with Crippen LogP contribution in [-0.2, 0) is 4.79 Å². The summed E-state index contributed by atoms with van der Waals surface area (Å²) < 4.78 is 0. The molecule has 16 heavy (non-hydrogen) atoms. The highest BCUT2D eigenvalue weighted by molar-refractivity contribution is 5.75. The van der Waals surface area contributed by atoms with Gasteiger partial charge in [-0.2, -0.15) is 5.26 Å². The molecule has 0 aliphatic carbocycles. The second-order valence-corrected chi connectivity index (χ2v) is 3.44. The van der Waals surface area contributed by atoms with Crippen molar-refractivity contribution in [1.82, 2.24) is 5.32 Å². The highest BCUT2D eigenvalue weighted by atomic mass is 16.4. The molecule has 4 nitrogen and oxygen atoms in total. The summed E-state index contributed by atoms with van der Waals surface area (Å²) in [7, 11) is 0. The van der Waals surface area contributed by atoms with Gasteiger partial charge in [-0.25, -0.2) is 0 Å². The molecule has 0 amide bonds. The van der Waals surface area contributed by atoms with Gasteiger partial charge in [0.2, 0.25) is 0 Å². The SMILES string of the molecule is CCC(C#N)NC(C(=O)O)c1ccccc1. The first kappa shape index (κ1) is 12.2. The Balaban J connectivity index is 2.85. The van der Waals surface area contributed by atoms with E-state index >= 15 is 0 Å². The molecular weight excluding hydrogens is 204 g/mol. The first-order valence-corrected chi connectivity index (χ1v) is 5.12. The summed E-state index contributed by atoms with van der Waals surface area (Å²) in [5.41, 5.74) is 0.656. The van der Waals surface area contributed by atoms with Gasteiger partial charge in [0.25, 0.3) is 0 Å². The fourth-order valence-electron chi connectivity index (χ4n) is 1.40. The standard InChI is InChI=1S/C12H14N2O2/c1-2-10(8-13)14-11(12(15)16)9-6-4-3-5-7-9/h3-7,10-11,14H,2H2,1H3,(H,15,16). The predicted octanol–water partition coefficient (Wildman–Crippen LogP) is 1.70. The molecule has 2 unspecified atom stereocenters. The van der Waals surface area contributed by atoms with Crippen LogP contribution in [0.2, 0.25) is 0 Å². The van der Waals surface area contributed by atoms with E-state index < -0.39 is 18.1 Å². The van der Waals surface area contributed by atoms with E-state index in [0.717, 1.165) is 0 Å². The lowest BCUT2D eigenvalue weighted by Gasteiger charge is -2.17. The van der Waals surface area contributed by atoms with E-state index in [1.54, 1.807) is 24.3 Å². The zero-order valence-electron chi connectivity index (χ0n) is 9.05. The molecule has 0 aromatic heterocycles. The molecule has 84 valence electrons. The van der Waals surface area contributed by atoms with Crippen molar-refractivity contribution in [3.8, 4) is 6.07 Å². The number of carboxylic acid groups (broad SMARTS) is 1. The largest absolute Gasteiger partial charge is 0.480 e. The summed E-state index contributed by atoms with van der Waals surface area (Å²) in [6.07, 6.45) is 0.577. The minimum Gasteiger partial charge on any atom is -0.480 e. The van der Waals surface area contributed by atoms with Crippen LogP contribution in [0.3, 0.4) is 0 Å². The molecule has 0 saturated carbocycles. The summed E-state index contributed by atoms with van der Waals surface area (Å²) in [6.45, 7) is 1.84. The quantitative estimate of drug-likeness (QED) is 0.789. The molecule has 0 spiro atoms. The van der Waals surface area contributed by atoms with Gasteiger partial charge in [0.1, 0.15) is 6.04 Å². The summed E-state index contributed by atoms with van der Waals surface area (Å²) in [5.74, 6) is -0.972. The van der Waals surface area contributed by atoms with Crippen molar-refractivity contribution in [3.05, 3.63) is 35.9 Å². The minimum atomic E-state index is -0.972. The van der Waals surface area contributed by atoms with E-state index in [0.29, 0.717) is 12.0 Å². The maximum atomic E-state index is 11.1. The van der Waals surface area contributed by atoms with Crippen molar-refractivity contribution in [2.75, 3.05) is 0 Å². The fraction of sp³-hybridized carbons (Fsp3) is 0.333. The third-order valence-corrected chi connectivity index (χ3v) is 2.31. The minimum absolute atomic E-state index is 0.443. The highest BCUT2D eigenvalue weighted by Crippen LogP contribution is 2.13. The lowest BCUT2D eigenvalue weighted by Crippen LogP contribution is -2.35. The molecule has 1 aromatic rings. The van der Waals surface area contributed by atoms with Crippen molar-refractivity contribution in [2.45, 2.75) is 25.4 Å². The highest BCUT2D eigenvalue weighted by Gasteiger charge is 2.21. The Morgan fingerprint density at radius 2 is 2.12 bits per heavy atom. The Labute approximate surface area is 94.5 Å². The Kier molecular flexibility index (Phi) is 4.49. The Morgan fingerprint density at radius 1 is 1.50 bits per heavy atom. The third-order valence-electron chi connectivity index (χ3n) is 2.31. The number of carbonyl (C=O) groups is 1. The van der Waals surface area contributed by atoms with Gasteiger partial charge >= 0.3 is 5.97 Å². The molecule has 1 rings (SSSR count). The van der Waals surface area contributed by atoms with Crippen LogP contribution in [0.25, 0.3) is 0 Å². The van der Waals surface area contributed by atoms with E-state index in [1.807, 2.05) is 19.1 Å². The maximum Gasteiger partial charge on any atom is 0.325 e. The average molecular weight is 218 g/mol. The van der Waals surface area contributed by atoms with Crippen molar-refractivity contribution in [3.63, 3.8) is 0 Å². The molecule has 1 aromatic carbocycles. The van der Waals surface area contributed by atoms with Crippen molar-refractivity contribution in [2.24, 2.45) is 0 Å². The van der Waals surface area contributed by atoms with E-state index in [1.165, 1.54) is 0 Å². The van der Waals surface area contributed by atoms with Gasteiger partial charge < -0.3 is 5.11 Å². The molecule has 0 bridgehead atoms. The van der Waals surface area contributed by atoms with Crippen LogP contribution in [0.15, 0.2) is 30.3 Å². The number of nitrogens with one attached hydrogen (secondary N) is 1. The third kappa shape index (κ3) is 3.07. The number of benzene rings is 1. The number of rotatable bonds is 5. The smallest absolute Gasteiger partial charge is 0.325 e. The zero-order chi connectivity index (χ0) is 12.0. The van der Waals surface area contributed by atoms with E-state index in [9.17, 15) is 4.79 Å². The first-order valence-electron chi connectivity index (χ1n) is 5.12. The van der Waals surface area contributed by atoms with E-state index in [4.69, 9.17) is 10.4 Å². The van der Waals surface area contributed by atoms with E-state index in [2.05, 4.69) is 5.32 Å².